The maximum absolute atomic E-state index is 12.0. The lowest BCUT2D eigenvalue weighted by atomic mass is 10.1. The predicted octanol–water partition coefficient (Wildman–Crippen LogP) is 2.41. The van der Waals surface area contributed by atoms with Gasteiger partial charge in [-0.1, -0.05) is 29.8 Å². The van der Waals surface area contributed by atoms with Crippen LogP contribution in [-0.2, 0) is 16.0 Å². The Morgan fingerprint density at radius 3 is 2.72 bits per heavy atom. The zero-order valence-corrected chi connectivity index (χ0v) is 15.9. The van der Waals surface area contributed by atoms with E-state index < -0.39 is 23.4 Å². The lowest BCUT2D eigenvalue weighted by Gasteiger charge is -2.11. The Bertz CT molecular complexity index is 962. The third-order valence-electron chi connectivity index (χ3n) is 3.53. The molecule has 10 nitrogen and oxygen atoms in total. The lowest BCUT2D eigenvalue weighted by molar-refractivity contribution is -0.385. The van der Waals surface area contributed by atoms with Crippen molar-refractivity contribution in [3.05, 3.63) is 62.7 Å². The van der Waals surface area contributed by atoms with Crippen LogP contribution >= 0.6 is 11.6 Å². The van der Waals surface area contributed by atoms with E-state index in [0.717, 1.165) is 0 Å². The van der Waals surface area contributed by atoms with Crippen LogP contribution in [0.4, 0.5) is 5.69 Å². The standard InChI is InChI=1S/C18H16ClN3O7/c1-28-15-7-11(6-13(19)18(15)29-10-17(24)25)9-20-21-16(23)8-12-4-2-3-5-14(12)22(26)27/h2-7,9H,8,10H2,1H3,(H,21,23)(H,24,25). The molecule has 0 aliphatic carbocycles. The number of carbonyl (C=O) groups excluding carboxylic acids is 1. The summed E-state index contributed by atoms with van der Waals surface area (Å²) in [5.74, 6) is -1.47. The van der Waals surface area contributed by atoms with Crippen LogP contribution in [0.3, 0.4) is 0 Å². The molecule has 0 bridgehead atoms. The molecule has 0 aromatic heterocycles. The van der Waals surface area contributed by atoms with Crippen LogP contribution in [0.15, 0.2) is 41.5 Å². The number of amides is 1. The second-order valence-corrected chi connectivity index (χ2v) is 5.98. The van der Waals surface area contributed by atoms with Gasteiger partial charge in [0.2, 0.25) is 5.91 Å². The fourth-order valence-corrected chi connectivity index (χ4v) is 2.59. The van der Waals surface area contributed by atoms with Gasteiger partial charge < -0.3 is 14.6 Å². The third-order valence-corrected chi connectivity index (χ3v) is 3.81. The Morgan fingerprint density at radius 1 is 1.34 bits per heavy atom. The summed E-state index contributed by atoms with van der Waals surface area (Å²) in [5, 5.41) is 23.6. The van der Waals surface area contributed by atoms with Gasteiger partial charge in [-0.05, 0) is 17.7 Å². The van der Waals surface area contributed by atoms with Crippen LogP contribution in [0, 0.1) is 10.1 Å². The number of carboxylic acids is 1. The minimum Gasteiger partial charge on any atom is -0.493 e. The average Bonchev–Trinajstić information content (AvgIpc) is 2.66. The molecule has 1 amide bonds. The molecule has 2 aromatic rings. The number of methoxy groups -OCH3 is 1. The second kappa shape index (κ2) is 10.0. The van der Waals surface area contributed by atoms with Gasteiger partial charge in [0.1, 0.15) is 0 Å². The number of halogens is 1. The number of hydrogen-bond donors (Lipinski definition) is 2. The number of nitro groups is 1. The number of nitrogens with one attached hydrogen (secondary N) is 1. The Balaban J connectivity index is 2.06. The largest absolute Gasteiger partial charge is 0.493 e. The zero-order chi connectivity index (χ0) is 21.4. The van der Waals surface area contributed by atoms with E-state index in [1.807, 2.05) is 0 Å². The van der Waals surface area contributed by atoms with Gasteiger partial charge >= 0.3 is 5.97 Å². The Labute approximate surface area is 169 Å². The summed E-state index contributed by atoms with van der Waals surface area (Å²) in [6.07, 6.45) is 1.06. The van der Waals surface area contributed by atoms with E-state index in [-0.39, 0.29) is 34.2 Å². The second-order valence-electron chi connectivity index (χ2n) is 5.57. The summed E-state index contributed by atoms with van der Waals surface area (Å²) in [6, 6.07) is 8.84. The average molecular weight is 422 g/mol. The highest BCUT2D eigenvalue weighted by atomic mass is 35.5. The molecule has 0 radical (unpaired) electrons. The fraction of sp³-hybridized carbons (Fsp3) is 0.167. The van der Waals surface area contributed by atoms with Gasteiger partial charge in [-0.15, -0.1) is 0 Å². The van der Waals surface area contributed by atoms with Crippen molar-refractivity contribution in [1.29, 1.82) is 0 Å². The van der Waals surface area contributed by atoms with Crippen molar-refractivity contribution in [2.24, 2.45) is 5.10 Å². The van der Waals surface area contributed by atoms with E-state index >= 15 is 0 Å². The summed E-state index contributed by atoms with van der Waals surface area (Å²) >= 11 is 6.08. The van der Waals surface area contributed by atoms with Crippen LogP contribution in [0.25, 0.3) is 0 Å². The molecule has 2 rings (SSSR count). The van der Waals surface area contributed by atoms with Crippen molar-refractivity contribution >= 4 is 35.4 Å². The van der Waals surface area contributed by atoms with Crippen LogP contribution in [0.5, 0.6) is 11.5 Å². The molecule has 0 fully saturated rings. The van der Waals surface area contributed by atoms with Gasteiger partial charge in [-0.3, -0.25) is 14.9 Å². The first-order chi connectivity index (χ1) is 13.8. The molecule has 2 aromatic carbocycles. The van der Waals surface area contributed by atoms with Crippen molar-refractivity contribution in [1.82, 2.24) is 5.43 Å². The van der Waals surface area contributed by atoms with Crippen molar-refractivity contribution in [2.45, 2.75) is 6.42 Å². The third kappa shape index (κ3) is 6.18. The molecule has 0 heterocycles. The topological polar surface area (TPSA) is 140 Å². The minimum atomic E-state index is -1.17. The maximum Gasteiger partial charge on any atom is 0.341 e. The number of aliphatic carboxylic acids is 1. The van der Waals surface area contributed by atoms with E-state index in [0.29, 0.717) is 5.56 Å². The number of carbonyl (C=O) groups is 2. The predicted molar refractivity (Wildman–Crippen MR) is 104 cm³/mol. The molecule has 0 unspecified atom stereocenters. The first kappa shape index (κ1) is 21.6. The highest BCUT2D eigenvalue weighted by Crippen LogP contribution is 2.36. The number of nitrogens with zero attached hydrogens (tertiary/aromatic N) is 2. The summed E-state index contributed by atoms with van der Waals surface area (Å²) in [5.41, 5.74) is 2.82. The molecular formula is C18H16ClN3O7. The number of hydrogen-bond acceptors (Lipinski definition) is 7. The van der Waals surface area contributed by atoms with Crippen LogP contribution in [-0.4, -0.2) is 41.8 Å². The molecule has 0 saturated heterocycles. The van der Waals surface area contributed by atoms with E-state index in [4.69, 9.17) is 26.2 Å². The summed E-state index contributed by atoms with van der Waals surface area (Å²) in [7, 11) is 1.36. The smallest absolute Gasteiger partial charge is 0.341 e. The molecule has 0 aliphatic heterocycles. The van der Waals surface area contributed by atoms with E-state index in [1.165, 1.54) is 43.7 Å². The molecule has 0 saturated carbocycles. The lowest BCUT2D eigenvalue weighted by Crippen LogP contribution is -2.20. The van der Waals surface area contributed by atoms with Crippen molar-refractivity contribution in [3.8, 4) is 11.5 Å². The number of hydrazone groups is 1. The van der Waals surface area contributed by atoms with Gasteiger partial charge in [0.05, 0.1) is 29.7 Å². The van der Waals surface area contributed by atoms with Gasteiger partial charge in [0.25, 0.3) is 5.69 Å². The molecule has 0 aliphatic rings. The molecular weight excluding hydrogens is 406 g/mol. The normalized spacial score (nSPS) is 10.6. The number of rotatable bonds is 9. The van der Waals surface area contributed by atoms with Gasteiger partial charge in [-0.2, -0.15) is 5.10 Å². The van der Waals surface area contributed by atoms with Crippen molar-refractivity contribution < 1.29 is 29.1 Å². The van der Waals surface area contributed by atoms with Crippen molar-refractivity contribution in [2.75, 3.05) is 13.7 Å². The van der Waals surface area contributed by atoms with E-state index in [1.54, 1.807) is 6.07 Å². The minimum absolute atomic E-state index is 0.0640. The maximum atomic E-state index is 12.0. The number of benzene rings is 2. The van der Waals surface area contributed by atoms with Crippen LogP contribution < -0.4 is 14.9 Å². The van der Waals surface area contributed by atoms with Crippen LogP contribution in [0.2, 0.25) is 5.02 Å². The summed E-state index contributed by atoms with van der Waals surface area (Å²) in [4.78, 5) is 33.1. The summed E-state index contributed by atoms with van der Waals surface area (Å²) in [6.45, 7) is -0.592. The molecule has 29 heavy (non-hydrogen) atoms. The van der Waals surface area contributed by atoms with Crippen molar-refractivity contribution in [3.63, 3.8) is 0 Å². The number of nitro benzene ring substituents is 1. The summed E-state index contributed by atoms with van der Waals surface area (Å²) < 4.78 is 10.2. The van der Waals surface area contributed by atoms with Gasteiger partial charge in [0, 0.05) is 11.6 Å². The Morgan fingerprint density at radius 2 is 2.07 bits per heavy atom. The first-order valence-electron chi connectivity index (χ1n) is 8.08. The number of para-hydroxylation sites is 1. The first-order valence-corrected chi connectivity index (χ1v) is 8.46. The van der Waals surface area contributed by atoms with E-state index in [2.05, 4.69) is 10.5 Å². The highest BCUT2D eigenvalue weighted by molar-refractivity contribution is 6.32. The number of carboxylic acid groups (broad SMARTS) is 1. The molecule has 152 valence electrons. The van der Waals surface area contributed by atoms with Gasteiger partial charge in [-0.25, -0.2) is 10.2 Å². The quantitative estimate of drug-likeness (QED) is 0.360. The fourth-order valence-electron chi connectivity index (χ4n) is 2.32. The Kier molecular flexibility index (Phi) is 7.49. The Hall–Kier alpha value is -3.66. The highest BCUT2D eigenvalue weighted by Gasteiger charge is 2.15. The van der Waals surface area contributed by atoms with Crippen LogP contribution in [0.1, 0.15) is 11.1 Å². The SMILES string of the molecule is COc1cc(C=NNC(=O)Cc2ccccc2[N+](=O)[O-])cc(Cl)c1OCC(=O)O. The molecule has 0 spiro atoms. The monoisotopic (exact) mass is 421 g/mol. The zero-order valence-electron chi connectivity index (χ0n) is 15.1. The molecule has 11 heteroatoms. The number of ether oxygens (including phenoxy) is 2. The van der Waals surface area contributed by atoms with Gasteiger partial charge in [0.15, 0.2) is 18.1 Å². The molecule has 2 N–H and O–H groups in total. The molecule has 0 atom stereocenters. The van der Waals surface area contributed by atoms with E-state index in [9.17, 15) is 19.7 Å².